The number of nitrogens with zero attached hydrogens (tertiary/aromatic N) is 1. The highest BCUT2D eigenvalue weighted by Crippen LogP contribution is 2.41. The third kappa shape index (κ3) is 12.2. The van der Waals surface area contributed by atoms with E-state index in [1.165, 1.54) is 64.9 Å². The van der Waals surface area contributed by atoms with Gasteiger partial charge in [0.1, 0.15) is 30.0 Å². The Kier molecular flexibility index (Phi) is 15.7. The van der Waals surface area contributed by atoms with Crippen LogP contribution in [0.3, 0.4) is 0 Å². The number of para-hydroxylation sites is 2. The summed E-state index contributed by atoms with van der Waals surface area (Å²) in [5.41, 5.74) is 2.62. The first-order valence-electron chi connectivity index (χ1n) is 17.4. The first-order valence-corrected chi connectivity index (χ1v) is 18.8. The molecular weight excluding hydrogens is 625 g/mol. The van der Waals surface area contributed by atoms with E-state index in [2.05, 4.69) is 6.92 Å². The van der Waals surface area contributed by atoms with Crippen LogP contribution in [0, 0.1) is 6.92 Å². The molecule has 48 heavy (non-hydrogen) atoms. The maximum atomic E-state index is 12.9. The van der Waals surface area contributed by atoms with Crippen molar-refractivity contribution in [2.24, 2.45) is 0 Å². The molecule has 1 aromatic heterocycles. The van der Waals surface area contributed by atoms with E-state index < -0.39 is 13.9 Å². The van der Waals surface area contributed by atoms with Crippen molar-refractivity contribution in [2.75, 3.05) is 26.9 Å². The number of phosphoric ester groups is 1. The van der Waals surface area contributed by atoms with Crippen LogP contribution in [0.15, 0.2) is 85.1 Å². The number of unbranched alkanes of at least 4 members (excludes halogenated alkanes) is 9. The smallest absolute Gasteiger partial charge is 0.319 e. The fraction of sp³-hybridized carbons (Fsp3) is 0.462. The quantitative estimate of drug-likeness (QED) is 0.0441. The zero-order valence-corrected chi connectivity index (χ0v) is 29.7. The molecule has 2 atom stereocenters. The SMILES string of the molecule is CCCCCCCCCCCCOc1cccc(OCC(COP(=O)([O-])Oc2ccccc2C[n+]2cccc3ccccc32)OC)c1C. The van der Waals surface area contributed by atoms with Gasteiger partial charge in [0.25, 0.3) is 0 Å². The molecule has 0 spiro atoms. The first kappa shape index (κ1) is 37.4. The minimum atomic E-state index is -4.72. The van der Waals surface area contributed by atoms with Gasteiger partial charge >= 0.3 is 7.82 Å². The van der Waals surface area contributed by atoms with Crippen LogP contribution in [-0.2, 0) is 20.4 Å². The number of rotatable bonds is 23. The van der Waals surface area contributed by atoms with Crippen LogP contribution in [0.25, 0.3) is 10.9 Å². The minimum absolute atomic E-state index is 0.0908. The molecule has 0 aliphatic rings. The molecule has 1 heterocycles. The highest BCUT2D eigenvalue weighted by Gasteiger charge is 2.20. The molecule has 0 fully saturated rings. The molecule has 0 N–H and O–H groups in total. The monoisotopic (exact) mass is 677 g/mol. The van der Waals surface area contributed by atoms with E-state index in [-0.39, 0.29) is 19.0 Å². The average Bonchev–Trinajstić information content (AvgIpc) is 3.09. The van der Waals surface area contributed by atoms with E-state index in [1.54, 1.807) is 12.1 Å². The average molecular weight is 678 g/mol. The Morgan fingerprint density at radius 3 is 2.10 bits per heavy atom. The normalized spacial score (nSPS) is 13.2. The van der Waals surface area contributed by atoms with E-state index in [9.17, 15) is 9.46 Å². The molecule has 0 saturated heterocycles. The van der Waals surface area contributed by atoms with Crippen molar-refractivity contribution in [3.63, 3.8) is 0 Å². The van der Waals surface area contributed by atoms with Gasteiger partial charge in [0, 0.05) is 30.2 Å². The summed E-state index contributed by atoms with van der Waals surface area (Å²) in [5, 5.41) is 1.09. The molecule has 260 valence electrons. The lowest BCUT2D eigenvalue weighted by molar-refractivity contribution is -0.662. The standard InChI is InChI=1S/C39H52NO7P/c1-4-5-6-7-8-9-10-11-12-17-28-44-37-25-18-26-38(32(37)2)45-30-35(43-3)31-46-48(41,42)47-39-24-16-14-21-34(39)29-40-27-19-22-33-20-13-15-23-36(33)40/h13-16,18-27,35H,4-12,17,28-31H2,1-3H3. The number of hydrogen-bond donors (Lipinski definition) is 0. The number of fused-ring (bicyclic) bond motifs is 1. The maximum Gasteiger partial charge on any atom is 0.319 e. The summed E-state index contributed by atoms with van der Waals surface area (Å²) >= 11 is 0. The molecule has 0 aliphatic heterocycles. The minimum Gasteiger partial charge on any atom is -0.746 e. The predicted molar refractivity (Wildman–Crippen MR) is 189 cm³/mol. The van der Waals surface area contributed by atoms with E-state index in [4.69, 9.17) is 23.3 Å². The van der Waals surface area contributed by atoms with E-state index in [0.717, 1.165) is 28.6 Å². The molecule has 0 radical (unpaired) electrons. The number of phosphoric acid groups is 1. The zero-order chi connectivity index (χ0) is 34.0. The summed E-state index contributed by atoms with van der Waals surface area (Å²) < 4.78 is 43.3. The first-order chi connectivity index (χ1) is 23.4. The molecule has 0 bridgehead atoms. The van der Waals surface area contributed by atoms with Crippen LogP contribution >= 0.6 is 7.82 Å². The summed E-state index contributed by atoms with van der Waals surface area (Å²) in [6.45, 7) is 5.13. The third-order valence-electron chi connectivity index (χ3n) is 8.48. The van der Waals surface area contributed by atoms with E-state index >= 15 is 0 Å². The van der Waals surface area contributed by atoms with Gasteiger partial charge < -0.3 is 28.2 Å². The zero-order valence-electron chi connectivity index (χ0n) is 28.8. The molecule has 3 aromatic carbocycles. The van der Waals surface area contributed by atoms with Crippen LogP contribution in [0.4, 0.5) is 0 Å². The van der Waals surface area contributed by atoms with Crippen LogP contribution in [0.1, 0.15) is 82.3 Å². The van der Waals surface area contributed by atoms with Gasteiger partial charge in [-0.15, -0.1) is 0 Å². The lowest BCUT2D eigenvalue weighted by Crippen LogP contribution is -2.34. The van der Waals surface area contributed by atoms with Crippen molar-refractivity contribution >= 4 is 18.7 Å². The summed E-state index contributed by atoms with van der Waals surface area (Å²) in [6, 6.07) is 24.8. The number of methoxy groups -OCH3 is 1. The second kappa shape index (κ2) is 20.2. The number of aromatic nitrogens is 1. The van der Waals surface area contributed by atoms with Gasteiger partial charge in [-0.25, -0.2) is 0 Å². The Morgan fingerprint density at radius 2 is 1.35 bits per heavy atom. The summed E-state index contributed by atoms with van der Waals surface area (Å²) in [7, 11) is -3.23. The van der Waals surface area contributed by atoms with Crippen LogP contribution in [-0.4, -0.2) is 33.0 Å². The molecule has 4 rings (SSSR count). The highest BCUT2D eigenvalue weighted by molar-refractivity contribution is 7.46. The van der Waals surface area contributed by atoms with Crippen LogP contribution in [0.5, 0.6) is 17.2 Å². The topological polar surface area (TPSA) is 90.2 Å². The van der Waals surface area contributed by atoms with E-state index in [0.29, 0.717) is 24.5 Å². The Labute approximate surface area is 286 Å². The largest absolute Gasteiger partial charge is 0.746 e. The van der Waals surface area contributed by atoms with Crippen LogP contribution in [0.2, 0.25) is 0 Å². The second-order valence-electron chi connectivity index (χ2n) is 12.2. The van der Waals surface area contributed by atoms with Crippen molar-refractivity contribution in [3.05, 3.63) is 96.2 Å². The summed E-state index contributed by atoms with van der Waals surface area (Å²) in [5.74, 6) is 1.65. The summed E-state index contributed by atoms with van der Waals surface area (Å²) in [4.78, 5) is 12.9. The van der Waals surface area contributed by atoms with Gasteiger partial charge in [-0.2, -0.15) is 4.57 Å². The van der Waals surface area contributed by atoms with Gasteiger partial charge in [0.2, 0.25) is 5.52 Å². The molecule has 9 heteroatoms. The number of hydrogen-bond acceptors (Lipinski definition) is 7. The van der Waals surface area contributed by atoms with Crippen molar-refractivity contribution < 1.29 is 37.3 Å². The van der Waals surface area contributed by atoms with Gasteiger partial charge in [0.05, 0.1) is 18.8 Å². The number of pyridine rings is 1. The number of benzene rings is 3. The van der Waals surface area contributed by atoms with Gasteiger partial charge in [0.15, 0.2) is 12.7 Å². The molecular formula is C39H52NO7P. The lowest BCUT2D eigenvalue weighted by atomic mass is 10.1. The van der Waals surface area contributed by atoms with Gasteiger partial charge in [-0.1, -0.05) is 95.0 Å². The Hall–Kier alpha value is -3.42. The lowest BCUT2D eigenvalue weighted by Gasteiger charge is -2.26. The van der Waals surface area contributed by atoms with E-state index in [1.807, 2.05) is 84.4 Å². The van der Waals surface area contributed by atoms with Gasteiger partial charge in [-0.3, -0.25) is 4.57 Å². The van der Waals surface area contributed by atoms with Crippen LogP contribution < -0.4 is 23.5 Å². The number of ether oxygens (including phenoxy) is 3. The Balaban J connectivity index is 1.22. The predicted octanol–water partition coefficient (Wildman–Crippen LogP) is 8.74. The summed E-state index contributed by atoms with van der Waals surface area (Å²) in [6.07, 6.45) is 14.1. The van der Waals surface area contributed by atoms with Crippen molar-refractivity contribution in [3.8, 4) is 17.2 Å². The van der Waals surface area contributed by atoms with Crippen molar-refractivity contribution in [1.29, 1.82) is 0 Å². The molecule has 4 aromatic rings. The van der Waals surface area contributed by atoms with Crippen molar-refractivity contribution in [2.45, 2.75) is 90.7 Å². The van der Waals surface area contributed by atoms with Crippen molar-refractivity contribution in [1.82, 2.24) is 0 Å². The fourth-order valence-electron chi connectivity index (χ4n) is 5.63. The maximum absolute atomic E-state index is 12.9. The molecule has 2 unspecified atom stereocenters. The highest BCUT2D eigenvalue weighted by atomic mass is 31.2. The molecule has 0 saturated carbocycles. The molecule has 0 amide bonds. The second-order valence-corrected chi connectivity index (χ2v) is 13.6. The molecule has 0 aliphatic carbocycles. The fourth-order valence-corrected chi connectivity index (χ4v) is 6.45. The van der Waals surface area contributed by atoms with Gasteiger partial charge in [-0.05, 0) is 49.7 Å². The third-order valence-corrected chi connectivity index (χ3v) is 9.36. The Morgan fingerprint density at radius 1 is 0.729 bits per heavy atom. The molecule has 8 nitrogen and oxygen atoms in total. The Bertz CT molecular complexity index is 1570.